The van der Waals surface area contributed by atoms with E-state index in [1.165, 1.54) is 22.7 Å². The van der Waals surface area contributed by atoms with Crippen LogP contribution in [0.3, 0.4) is 0 Å². The highest BCUT2D eigenvalue weighted by Gasteiger charge is 2.28. The molecule has 0 saturated carbocycles. The molecule has 3 aromatic carbocycles. The van der Waals surface area contributed by atoms with Crippen LogP contribution < -0.4 is 9.80 Å². The van der Waals surface area contributed by atoms with E-state index in [0.717, 1.165) is 18.7 Å². The average Bonchev–Trinajstić information content (AvgIpc) is 2.66. The van der Waals surface area contributed by atoms with Gasteiger partial charge in [-0.05, 0) is 42.8 Å². The number of anilines is 5. The molecule has 1 N–H and O–H groups in total. The minimum Gasteiger partial charge on any atom is -0.396 e. The summed E-state index contributed by atoms with van der Waals surface area (Å²) in [7, 11) is 0. The highest BCUT2D eigenvalue weighted by Crippen LogP contribution is 2.50. The summed E-state index contributed by atoms with van der Waals surface area (Å²) >= 11 is 0. The zero-order chi connectivity index (χ0) is 16.4. The van der Waals surface area contributed by atoms with Gasteiger partial charge >= 0.3 is 0 Å². The predicted molar refractivity (Wildman–Crippen MR) is 99.8 cm³/mol. The first-order valence-electron chi connectivity index (χ1n) is 8.32. The molecule has 3 aromatic rings. The third-order valence-electron chi connectivity index (χ3n) is 4.38. The summed E-state index contributed by atoms with van der Waals surface area (Å²) in [5.74, 6) is 0. The molecule has 0 unspecified atom stereocenters. The van der Waals surface area contributed by atoms with Crippen LogP contribution >= 0.6 is 0 Å². The molecule has 0 aromatic heterocycles. The monoisotopic (exact) mass is 316 g/mol. The van der Waals surface area contributed by atoms with Crippen molar-refractivity contribution in [2.24, 2.45) is 0 Å². The maximum Gasteiger partial charge on any atom is 0.0699 e. The standard InChI is InChI=1S/C21H20N2O/c24-16-8-15-22-18-11-4-6-13-20(18)23(17-9-2-1-3-10-17)21-14-7-5-12-19(21)22/h1-7,9-14,24H,8,15-16H2. The van der Waals surface area contributed by atoms with Crippen LogP contribution in [0.25, 0.3) is 0 Å². The fourth-order valence-corrected chi connectivity index (χ4v) is 3.35. The number of hydrogen-bond acceptors (Lipinski definition) is 3. The van der Waals surface area contributed by atoms with E-state index in [4.69, 9.17) is 0 Å². The van der Waals surface area contributed by atoms with Crippen LogP contribution in [-0.2, 0) is 0 Å². The number of aliphatic hydroxyl groups excluding tert-OH is 1. The lowest BCUT2D eigenvalue weighted by atomic mass is 10.1. The minimum absolute atomic E-state index is 0.198. The molecule has 0 bridgehead atoms. The number of benzene rings is 3. The molecule has 0 aliphatic carbocycles. The highest BCUT2D eigenvalue weighted by molar-refractivity contribution is 5.97. The molecule has 0 saturated heterocycles. The van der Waals surface area contributed by atoms with Gasteiger partial charge in [-0.25, -0.2) is 0 Å². The second-order valence-corrected chi connectivity index (χ2v) is 5.88. The fraction of sp³-hybridized carbons (Fsp3) is 0.143. The van der Waals surface area contributed by atoms with Crippen LogP contribution in [0.2, 0.25) is 0 Å². The van der Waals surface area contributed by atoms with Gasteiger partial charge in [0.2, 0.25) is 0 Å². The lowest BCUT2D eigenvalue weighted by Gasteiger charge is -2.40. The topological polar surface area (TPSA) is 26.7 Å². The highest BCUT2D eigenvalue weighted by atomic mass is 16.3. The SMILES string of the molecule is OCCCN1c2ccccc2N(c2ccccc2)c2ccccc21. The normalized spacial score (nSPS) is 12.7. The molecular weight excluding hydrogens is 296 g/mol. The van der Waals surface area contributed by atoms with Gasteiger partial charge in [-0.1, -0.05) is 42.5 Å². The van der Waals surface area contributed by atoms with Gasteiger partial charge < -0.3 is 14.9 Å². The lowest BCUT2D eigenvalue weighted by molar-refractivity contribution is 0.291. The molecule has 4 rings (SSSR count). The van der Waals surface area contributed by atoms with Gasteiger partial charge in [0.05, 0.1) is 22.7 Å². The second-order valence-electron chi connectivity index (χ2n) is 5.88. The molecular formula is C21H20N2O. The van der Waals surface area contributed by atoms with Crippen molar-refractivity contribution in [2.75, 3.05) is 23.0 Å². The van der Waals surface area contributed by atoms with Crippen LogP contribution in [-0.4, -0.2) is 18.3 Å². The van der Waals surface area contributed by atoms with E-state index < -0.39 is 0 Å². The van der Waals surface area contributed by atoms with Crippen molar-refractivity contribution in [3.63, 3.8) is 0 Å². The Morgan fingerprint density at radius 1 is 0.625 bits per heavy atom. The van der Waals surface area contributed by atoms with Crippen LogP contribution in [0.5, 0.6) is 0 Å². The first-order valence-corrected chi connectivity index (χ1v) is 8.32. The van der Waals surface area contributed by atoms with E-state index >= 15 is 0 Å². The minimum atomic E-state index is 0.198. The van der Waals surface area contributed by atoms with Crippen molar-refractivity contribution in [1.29, 1.82) is 0 Å². The van der Waals surface area contributed by atoms with Crippen molar-refractivity contribution < 1.29 is 5.11 Å². The van der Waals surface area contributed by atoms with E-state index in [-0.39, 0.29) is 6.61 Å². The number of aliphatic hydroxyl groups is 1. The summed E-state index contributed by atoms with van der Waals surface area (Å²) in [4.78, 5) is 4.61. The van der Waals surface area contributed by atoms with Crippen molar-refractivity contribution in [3.05, 3.63) is 78.9 Å². The maximum absolute atomic E-state index is 9.29. The number of para-hydroxylation sites is 5. The number of fused-ring (bicyclic) bond motifs is 2. The zero-order valence-electron chi connectivity index (χ0n) is 13.5. The van der Waals surface area contributed by atoms with Crippen molar-refractivity contribution in [2.45, 2.75) is 6.42 Å². The Morgan fingerprint density at radius 2 is 1.12 bits per heavy atom. The molecule has 1 heterocycles. The molecule has 1 aliphatic rings. The Bertz CT molecular complexity index is 785. The van der Waals surface area contributed by atoms with Gasteiger partial charge in [0.15, 0.2) is 0 Å². The summed E-state index contributed by atoms with van der Waals surface area (Å²) < 4.78 is 0. The van der Waals surface area contributed by atoms with Gasteiger partial charge in [0.1, 0.15) is 0 Å². The maximum atomic E-state index is 9.29. The molecule has 0 atom stereocenters. The van der Waals surface area contributed by atoms with Crippen LogP contribution in [0, 0.1) is 0 Å². The van der Waals surface area contributed by atoms with E-state index in [1.807, 2.05) is 6.07 Å². The number of hydrogen-bond donors (Lipinski definition) is 1. The van der Waals surface area contributed by atoms with Crippen LogP contribution in [0.1, 0.15) is 6.42 Å². The van der Waals surface area contributed by atoms with Gasteiger partial charge in [0, 0.05) is 18.8 Å². The predicted octanol–water partition coefficient (Wildman–Crippen LogP) is 4.99. The smallest absolute Gasteiger partial charge is 0.0699 e. The van der Waals surface area contributed by atoms with Crippen molar-refractivity contribution in [3.8, 4) is 0 Å². The number of rotatable bonds is 4. The first kappa shape index (κ1) is 14.8. The molecule has 24 heavy (non-hydrogen) atoms. The van der Waals surface area contributed by atoms with Crippen molar-refractivity contribution in [1.82, 2.24) is 0 Å². The van der Waals surface area contributed by atoms with Gasteiger partial charge in [-0.3, -0.25) is 0 Å². The number of nitrogens with zero attached hydrogens (tertiary/aromatic N) is 2. The largest absolute Gasteiger partial charge is 0.396 e. The average molecular weight is 316 g/mol. The summed E-state index contributed by atoms with van der Waals surface area (Å²) in [5.41, 5.74) is 5.84. The molecule has 3 nitrogen and oxygen atoms in total. The van der Waals surface area contributed by atoms with Gasteiger partial charge in [0.25, 0.3) is 0 Å². The molecule has 1 aliphatic heterocycles. The molecule has 3 heteroatoms. The van der Waals surface area contributed by atoms with Gasteiger partial charge in [-0.15, -0.1) is 0 Å². The fourth-order valence-electron chi connectivity index (χ4n) is 3.35. The first-order chi connectivity index (χ1) is 11.9. The Kier molecular flexibility index (Phi) is 3.93. The Labute approximate surface area is 142 Å². The summed E-state index contributed by atoms with van der Waals surface area (Å²) in [6.07, 6.45) is 0.744. The lowest BCUT2D eigenvalue weighted by Crippen LogP contribution is -2.28. The summed E-state index contributed by atoms with van der Waals surface area (Å²) in [6, 6.07) is 27.4. The zero-order valence-corrected chi connectivity index (χ0v) is 13.5. The summed E-state index contributed by atoms with van der Waals surface area (Å²) in [5, 5.41) is 9.29. The van der Waals surface area contributed by atoms with Crippen LogP contribution in [0.4, 0.5) is 28.4 Å². The molecule has 0 radical (unpaired) electrons. The Balaban J connectivity index is 1.92. The van der Waals surface area contributed by atoms with E-state index in [9.17, 15) is 5.11 Å². The molecule has 0 spiro atoms. The second kappa shape index (κ2) is 6.38. The van der Waals surface area contributed by atoms with Crippen molar-refractivity contribution >= 4 is 28.4 Å². The van der Waals surface area contributed by atoms with E-state index in [0.29, 0.717) is 0 Å². The molecule has 120 valence electrons. The molecule has 0 amide bonds. The third-order valence-corrected chi connectivity index (χ3v) is 4.38. The van der Waals surface area contributed by atoms with Gasteiger partial charge in [-0.2, -0.15) is 0 Å². The Hall–Kier alpha value is -2.78. The third kappa shape index (κ3) is 2.43. The quantitative estimate of drug-likeness (QED) is 0.734. The Morgan fingerprint density at radius 3 is 1.67 bits per heavy atom. The van der Waals surface area contributed by atoms with E-state index in [1.54, 1.807) is 0 Å². The molecule has 0 fully saturated rings. The van der Waals surface area contributed by atoms with Crippen LogP contribution in [0.15, 0.2) is 78.9 Å². The summed E-state index contributed by atoms with van der Waals surface area (Å²) in [6.45, 7) is 0.996. The van der Waals surface area contributed by atoms with E-state index in [2.05, 4.69) is 82.6 Å².